The summed E-state index contributed by atoms with van der Waals surface area (Å²) in [5.74, 6) is 0.177. The number of fused-ring (bicyclic) bond motifs is 1. The van der Waals surface area contributed by atoms with Crippen LogP contribution in [0.4, 0.5) is 10.2 Å². The number of halogens is 2. The molecule has 5 heteroatoms. The molecule has 1 unspecified atom stereocenters. The summed E-state index contributed by atoms with van der Waals surface area (Å²) in [5, 5.41) is 3.68. The first-order valence-electron chi connectivity index (χ1n) is 6.57. The lowest BCUT2D eigenvalue weighted by atomic mass is 10.1. The van der Waals surface area contributed by atoms with E-state index in [0.717, 1.165) is 10.0 Å². The van der Waals surface area contributed by atoms with Gasteiger partial charge in [0.05, 0.1) is 16.9 Å². The molecule has 1 heterocycles. The Morgan fingerprint density at radius 2 is 1.90 bits per heavy atom. The van der Waals surface area contributed by atoms with Gasteiger partial charge in [-0.2, -0.15) is 0 Å². The number of hydrogen-bond acceptors (Lipinski definition) is 3. The largest absolute Gasteiger partial charge is 0.363 e. The zero-order chi connectivity index (χ0) is 14.8. The van der Waals surface area contributed by atoms with Gasteiger partial charge in [0.2, 0.25) is 0 Å². The van der Waals surface area contributed by atoms with E-state index in [1.54, 1.807) is 12.1 Å². The normalized spacial score (nSPS) is 12.3. The molecule has 0 amide bonds. The highest BCUT2D eigenvalue weighted by Gasteiger charge is 2.13. The monoisotopic (exact) mass is 345 g/mol. The number of nitrogens with one attached hydrogen (secondary N) is 1. The van der Waals surface area contributed by atoms with Gasteiger partial charge in [0.15, 0.2) is 0 Å². The van der Waals surface area contributed by atoms with Crippen LogP contribution in [0.25, 0.3) is 10.9 Å². The Morgan fingerprint density at radius 1 is 1.10 bits per heavy atom. The van der Waals surface area contributed by atoms with Crippen molar-refractivity contribution in [2.45, 2.75) is 13.0 Å². The third-order valence-corrected chi connectivity index (χ3v) is 4.06. The molecule has 3 aromatic rings. The van der Waals surface area contributed by atoms with Gasteiger partial charge in [-0.1, -0.05) is 40.2 Å². The Kier molecular flexibility index (Phi) is 3.84. The number of nitrogens with zero attached hydrogens (tertiary/aromatic N) is 2. The molecule has 106 valence electrons. The molecule has 0 aliphatic heterocycles. The number of anilines is 1. The van der Waals surface area contributed by atoms with Gasteiger partial charge >= 0.3 is 0 Å². The Balaban J connectivity index is 2.01. The van der Waals surface area contributed by atoms with Crippen LogP contribution < -0.4 is 5.32 Å². The topological polar surface area (TPSA) is 37.8 Å². The molecular weight excluding hydrogens is 333 g/mol. The van der Waals surface area contributed by atoms with Crippen molar-refractivity contribution in [3.63, 3.8) is 0 Å². The number of aromatic nitrogens is 2. The van der Waals surface area contributed by atoms with Crippen molar-refractivity contribution < 1.29 is 4.39 Å². The van der Waals surface area contributed by atoms with E-state index in [-0.39, 0.29) is 11.9 Å². The number of rotatable bonds is 3. The molecule has 0 bridgehead atoms. The second-order valence-electron chi connectivity index (χ2n) is 4.74. The van der Waals surface area contributed by atoms with Crippen molar-refractivity contribution in [3.05, 3.63) is 64.6 Å². The van der Waals surface area contributed by atoms with Gasteiger partial charge in [-0.25, -0.2) is 14.4 Å². The third-order valence-electron chi connectivity index (χ3n) is 3.34. The zero-order valence-corrected chi connectivity index (χ0v) is 12.9. The van der Waals surface area contributed by atoms with Crippen molar-refractivity contribution >= 4 is 32.7 Å². The summed E-state index contributed by atoms with van der Waals surface area (Å²) in [7, 11) is 0. The second-order valence-corrected chi connectivity index (χ2v) is 5.60. The fraction of sp³-hybridized carbons (Fsp3) is 0.125. The minimum atomic E-state index is -0.324. The highest BCUT2D eigenvalue weighted by Crippen LogP contribution is 2.29. The molecule has 0 saturated heterocycles. The number of benzene rings is 2. The van der Waals surface area contributed by atoms with Crippen LogP contribution in [0.15, 0.2) is 53.3 Å². The van der Waals surface area contributed by atoms with Crippen molar-refractivity contribution in [3.8, 4) is 0 Å². The maximum atomic E-state index is 14.0. The molecule has 1 atom stereocenters. The van der Waals surface area contributed by atoms with Gasteiger partial charge < -0.3 is 5.32 Å². The van der Waals surface area contributed by atoms with Crippen LogP contribution in [0.5, 0.6) is 0 Å². The van der Waals surface area contributed by atoms with Crippen LogP contribution in [0, 0.1) is 5.82 Å². The van der Waals surface area contributed by atoms with E-state index < -0.39 is 0 Å². The van der Waals surface area contributed by atoms with Crippen LogP contribution >= 0.6 is 15.9 Å². The molecule has 0 saturated carbocycles. The minimum Gasteiger partial charge on any atom is -0.363 e. The predicted molar refractivity (Wildman–Crippen MR) is 85.7 cm³/mol. The number of hydrogen-bond donors (Lipinski definition) is 1. The van der Waals surface area contributed by atoms with E-state index in [0.29, 0.717) is 16.7 Å². The summed E-state index contributed by atoms with van der Waals surface area (Å²) in [6.07, 6.45) is 1.44. The maximum absolute atomic E-state index is 14.0. The third kappa shape index (κ3) is 2.74. The zero-order valence-electron chi connectivity index (χ0n) is 11.3. The molecule has 1 N–H and O–H groups in total. The van der Waals surface area contributed by atoms with Gasteiger partial charge in [-0.3, -0.25) is 0 Å². The van der Waals surface area contributed by atoms with Crippen molar-refractivity contribution in [1.82, 2.24) is 9.97 Å². The summed E-state index contributed by atoms with van der Waals surface area (Å²) < 4.78 is 15.1. The first-order valence-corrected chi connectivity index (χ1v) is 7.36. The van der Waals surface area contributed by atoms with Crippen LogP contribution in [-0.2, 0) is 0 Å². The predicted octanol–water partition coefficient (Wildman–Crippen LogP) is 4.70. The molecule has 0 aliphatic carbocycles. The molecule has 3 rings (SSSR count). The van der Waals surface area contributed by atoms with Crippen molar-refractivity contribution in [2.24, 2.45) is 0 Å². The van der Waals surface area contributed by atoms with Crippen molar-refractivity contribution in [2.75, 3.05) is 5.32 Å². The van der Waals surface area contributed by atoms with Crippen LogP contribution in [0.3, 0.4) is 0 Å². The van der Waals surface area contributed by atoms with E-state index in [4.69, 9.17) is 0 Å². The first-order chi connectivity index (χ1) is 10.2. The summed E-state index contributed by atoms with van der Waals surface area (Å²) in [6.45, 7) is 2.01. The van der Waals surface area contributed by atoms with Crippen LogP contribution in [0.1, 0.15) is 18.5 Å². The average molecular weight is 346 g/mol. The lowest BCUT2D eigenvalue weighted by Gasteiger charge is -2.17. The van der Waals surface area contributed by atoms with Gasteiger partial charge in [-0.15, -0.1) is 0 Å². The first kappa shape index (κ1) is 13.9. The standard InChI is InChI=1S/C16H13BrFN3/c1-10(11-5-2-3-6-12(11)17)21-16-15-13(18)7-4-8-14(15)19-9-20-16/h2-10H,1H3,(H,19,20,21). The highest BCUT2D eigenvalue weighted by atomic mass is 79.9. The Labute approximate surface area is 130 Å². The van der Waals surface area contributed by atoms with E-state index in [1.807, 2.05) is 31.2 Å². The Bertz CT molecular complexity index is 786. The molecule has 0 spiro atoms. The molecule has 0 aliphatic rings. The smallest absolute Gasteiger partial charge is 0.140 e. The van der Waals surface area contributed by atoms with Crippen LogP contribution in [0.2, 0.25) is 0 Å². The lowest BCUT2D eigenvalue weighted by molar-refractivity contribution is 0.639. The van der Waals surface area contributed by atoms with Gasteiger partial charge in [-0.05, 0) is 30.7 Å². The molecule has 2 aromatic carbocycles. The Hall–Kier alpha value is -2.01. The minimum absolute atomic E-state index is 0.0155. The van der Waals surface area contributed by atoms with Crippen LogP contribution in [-0.4, -0.2) is 9.97 Å². The summed E-state index contributed by atoms with van der Waals surface area (Å²) in [6, 6.07) is 12.7. The summed E-state index contributed by atoms with van der Waals surface area (Å²) in [4.78, 5) is 8.29. The molecule has 1 aromatic heterocycles. The fourth-order valence-electron chi connectivity index (χ4n) is 2.29. The highest BCUT2D eigenvalue weighted by molar-refractivity contribution is 9.10. The maximum Gasteiger partial charge on any atom is 0.140 e. The summed E-state index contributed by atoms with van der Waals surface area (Å²) >= 11 is 3.53. The van der Waals surface area contributed by atoms with E-state index in [2.05, 4.69) is 31.2 Å². The Morgan fingerprint density at radius 3 is 2.71 bits per heavy atom. The molecule has 0 fully saturated rings. The van der Waals surface area contributed by atoms with E-state index in [9.17, 15) is 4.39 Å². The summed E-state index contributed by atoms with van der Waals surface area (Å²) in [5.41, 5.74) is 1.67. The molecule has 3 nitrogen and oxygen atoms in total. The van der Waals surface area contributed by atoms with Gasteiger partial charge in [0.1, 0.15) is 18.0 Å². The molecular formula is C16H13BrFN3. The lowest BCUT2D eigenvalue weighted by Crippen LogP contribution is -2.09. The second kappa shape index (κ2) is 5.77. The fourth-order valence-corrected chi connectivity index (χ4v) is 2.91. The average Bonchev–Trinajstić information content (AvgIpc) is 2.48. The van der Waals surface area contributed by atoms with E-state index >= 15 is 0 Å². The van der Waals surface area contributed by atoms with Gasteiger partial charge in [0, 0.05) is 4.47 Å². The van der Waals surface area contributed by atoms with E-state index in [1.165, 1.54) is 12.4 Å². The molecule has 21 heavy (non-hydrogen) atoms. The molecule has 0 radical (unpaired) electrons. The SMILES string of the molecule is CC(Nc1ncnc2cccc(F)c12)c1ccccc1Br. The quantitative estimate of drug-likeness (QED) is 0.747. The van der Waals surface area contributed by atoms with Crippen molar-refractivity contribution in [1.29, 1.82) is 0 Å². The van der Waals surface area contributed by atoms with Gasteiger partial charge in [0.25, 0.3) is 0 Å².